The number of carbonyl (C=O) groups excluding carboxylic acids is 2. The first-order chi connectivity index (χ1) is 11.9. The molecule has 2 fully saturated rings. The first kappa shape index (κ1) is 16.6. The van der Waals surface area contributed by atoms with Crippen LogP contribution >= 0.6 is 0 Å². The largest absolute Gasteiger partial charge is 0.352 e. The van der Waals surface area contributed by atoms with Gasteiger partial charge in [0.1, 0.15) is 0 Å². The van der Waals surface area contributed by atoms with Gasteiger partial charge in [-0.25, -0.2) is 8.42 Å². The van der Waals surface area contributed by atoms with E-state index in [-0.39, 0.29) is 35.8 Å². The lowest BCUT2D eigenvalue weighted by atomic mass is 10.1. The van der Waals surface area contributed by atoms with E-state index < -0.39 is 15.8 Å². The molecule has 1 aromatic carbocycles. The standard InChI is InChI=1S/C18H22N2O4S/c21-17-9-14(18(22)19-15-6-7-25(23,24)11-15)10-20(17)16-5-4-12-2-1-3-13(12)8-16/h4-5,8,14-15H,1-3,6-7,9-11H2,(H,19,22)/t14-,15+/m1/s1. The molecule has 2 saturated heterocycles. The number of anilines is 1. The van der Waals surface area contributed by atoms with Gasteiger partial charge in [-0.15, -0.1) is 0 Å². The number of amides is 2. The molecule has 7 heteroatoms. The highest BCUT2D eigenvalue weighted by Crippen LogP contribution is 2.30. The topological polar surface area (TPSA) is 83.5 Å². The quantitative estimate of drug-likeness (QED) is 0.863. The maximum Gasteiger partial charge on any atom is 0.227 e. The predicted octanol–water partition coefficient (Wildman–Crippen LogP) is 0.831. The molecule has 25 heavy (non-hydrogen) atoms. The van der Waals surface area contributed by atoms with Crippen LogP contribution in [0.5, 0.6) is 0 Å². The fraction of sp³-hybridized carbons (Fsp3) is 0.556. The molecule has 2 heterocycles. The normalized spacial score (nSPS) is 27.5. The second-order valence-corrected chi connectivity index (χ2v) is 9.55. The summed E-state index contributed by atoms with van der Waals surface area (Å²) in [5.41, 5.74) is 3.52. The number of benzene rings is 1. The van der Waals surface area contributed by atoms with Crippen LogP contribution in [0.4, 0.5) is 5.69 Å². The third-order valence-corrected chi connectivity index (χ3v) is 7.24. The Labute approximate surface area is 147 Å². The van der Waals surface area contributed by atoms with Crippen molar-refractivity contribution in [3.05, 3.63) is 29.3 Å². The van der Waals surface area contributed by atoms with Crippen molar-refractivity contribution in [1.29, 1.82) is 0 Å². The Balaban J connectivity index is 1.42. The highest BCUT2D eigenvalue weighted by atomic mass is 32.2. The van der Waals surface area contributed by atoms with Gasteiger partial charge in [-0.2, -0.15) is 0 Å². The number of fused-ring (bicyclic) bond motifs is 1. The number of hydrogen-bond acceptors (Lipinski definition) is 4. The molecule has 2 aliphatic heterocycles. The van der Waals surface area contributed by atoms with Crippen LogP contribution in [0.3, 0.4) is 0 Å². The zero-order chi connectivity index (χ0) is 17.6. The summed E-state index contributed by atoms with van der Waals surface area (Å²) in [5, 5.41) is 2.81. The Morgan fingerprint density at radius 3 is 2.76 bits per heavy atom. The second-order valence-electron chi connectivity index (χ2n) is 7.32. The number of aryl methyl sites for hydroxylation is 2. The van der Waals surface area contributed by atoms with Crippen LogP contribution in [0.2, 0.25) is 0 Å². The first-order valence-corrected chi connectivity index (χ1v) is 10.7. The molecule has 3 aliphatic rings. The number of nitrogens with one attached hydrogen (secondary N) is 1. The molecule has 0 saturated carbocycles. The Hall–Kier alpha value is -1.89. The molecule has 1 N–H and O–H groups in total. The van der Waals surface area contributed by atoms with Gasteiger partial charge < -0.3 is 10.2 Å². The van der Waals surface area contributed by atoms with Crippen molar-refractivity contribution in [3.63, 3.8) is 0 Å². The molecule has 0 radical (unpaired) electrons. The van der Waals surface area contributed by atoms with E-state index in [0.29, 0.717) is 13.0 Å². The van der Waals surface area contributed by atoms with E-state index in [1.54, 1.807) is 4.90 Å². The lowest BCUT2D eigenvalue weighted by Gasteiger charge is -2.18. The van der Waals surface area contributed by atoms with Crippen LogP contribution in [0, 0.1) is 5.92 Å². The third-order valence-electron chi connectivity index (χ3n) is 5.47. The summed E-state index contributed by atoms with van der Waals surface area (Å²) in [7, 11) is -3.03. The SMILES string of the molecule is O=C(N[C@H]1CCS(=O)(=O)C1)[C@@H]1CC(=O)N(c2ccc3c(c2)CCC3)C1. The van der Waals surface area contributed by atoms with Crippen LogP contribution < -0.4 is 10.2 Å². The highest BCUT2D eigenvalue weighted by molar-refractivity contribution is 7.91. The number of rotatable bonds is 3. The van der Waals surface area contributed by atoms with Crippen molar-refractivity contribution < 1.29 is 18.0 Å². The Bertz CT molecular complexity index is 833. The number of carbonyl (C=O) groups is 2. The van der Waals surface area contributed by atoms with Gasteiger partial charge in [-0.1, -0.05) is 6.07 Å². The van der Waals surface area contributed by atoms with Crippen molar-refractivity contribution in [2.75, 3.05) is 23.0 Å². The van der Waals surface area contributed by atoms with E-state index in [0.717, 1.165) is 24.9 Å². The molecule has 6 nitrogen and oxygen atoms in total. The Morgan fingerprint density at radius 1 is 1.20 bits per heavy atom. The van der Waals surface area contributed by atoms with Gasteiger partial charge in [-0.05, 0) is 48.9 Å². The molecule has 0 bridgehead atoms. The van der Waals surface area contributed by atoms with E-state index in [1.807, 2.05) is 6.07 Å². The average Bonchev–Trinajstić information content (AvgIpc) is 3.25. The molecule has 134 valence electrons. The molecule has 2 atom stereocenters. The van der Waals surface area contributed by atoms with Crippen molar-refractivity contribution >= 4 is 27.3 Å². The van der Waals surface area contributed by atoms with Crippen molar-refractivity contribution in [2.24, 2.45) is 5.92 Å². The summed E-state index contributed by atoms with van der Waals surface area (Å²) in [5.74, 6) is -0.531. The minimum atomic E-state index is -3.03. The maximum atomic E-state index is 12.4. The Kier molecular flexibility index (Phi) is 4.06. The predicted molar refractivity (Wildman–Crippen MR) is 94.1 cm³/mol. The maximum absolute atomic E-state index is 12.4. The number of hydrogen-bond donors (Lipinski definition) is 1. The fourth-order valence-electron chi connectivity index (χ4n) is 4.09. The van der Waals surface area contributed by atoms with E-state index in [1.165, 1.54) is 11.1 Å². The Morgan fingerprint density at radius 2 is 2.00 bits per heavy atom. The zero-order valence-electron chi connectivity index (χ0n) is 14.0. The van der Waals surface area contributed by atoms with Gasteiger partial charge in [0.05, 0.1) is 17.4 Å². The highest BCUT2D eigenvalue weighted by Gasteiger charge is 2.37. The molecule has 4 rings (SSSR count). The van der Waals surface area contributed by atoms with Crippen LogP contribution in [-0.2, 0) is 32.3 Å². The van der Waals surface area contributed by atoms with E-state index in [2.05, 4.69) is 17.4 Å². The van der Waals surface area contributed by atoms with Crippen LogP contribution in [-0.4, -0.2) is 44.3 Å². The lowest BCUT2D eigenvalue weighted by molar-refractivity contribution is -0.126. The summed E-state index contributed by atoms with van der Waals surface area (Å²) >= 11 is 0. The molecule has 2 amide bonds. The summed E-state index contributed by atoms with van der Waals surface area (Å²) < 4.78 is 23.0. The zero-order valence-corrected chi connectivity index (χ0v) is 14.8. The second kappa shape index (κ2) is 6.12. The summed E-state index contributed by atoms with van der Waals surface area (Å²) in [6.45, 7) is 0.364. The monoisotopic (exact) mass is 362 g/mol. The molecule has 1 aliphatic carbocycles. The van der Waals surface area contributed by atoms with E-state index in [4.69, 9.17) is 0 Å². The lowest BCUT2D eigenvalue weighted by Crippen LogP contribution is -2.40. The van der Waals surface area contributed by atoms with Gasteiger partial charge in [0, 0.05) is 24.7 Å². The van der Waals surface area contributed by atoms with Gasteiger partial charge in [0.15, 0.2) is 9.84 Å². The van der Waals surface area contributed by atoms with Gasteiger partial charge >= 0.3 is 0 Å². The molecular weight excluding hydrogens is 340 g/mol. The molecule has 1 aromatic rings. The molecular formula is C18H22N2O4S. The van der Waals surface area contributed by atoms with E-state index in [9.17, 15) is 18.0 Å². The van der Waals surface area contributed by atoms with Gasteiger partial charge in [0.2, 0.25) is 11.8 Å². The van der Waals surface area contributed by atoms with Crippen molar-refractivity contribution in [1.82, 2.24) is 5.32 Å². The van der Waals surface area contributed by atoms with Crippen molar-refractivity contribution in [2.45, 2.75) is 38.1 Å². The minimum absolute atomic E-state index is 0.00788. The molecule has 0 unspecified atom stereocenters. The smallest absolute Gasteiger partial charge is 0.227 e. The number of sulfone groups is 1. The van der Waals surface area contributed by atoms with Crippen LogP contribution in [0.1, 0.15) is 30.4 Å². The first-order valence-electron chi connectivity index (χ1n) is 8.84. The minimum Gasteiger partial charge on any atom is -0.352 e. The van der Waals surface area contributed by atoms with Crippen LogP contribution in [0.15, 0.2) is 18.2 Å². The molecule has 0 aromatic heterocycles. The fourth-order valence-corrected chi connectivity index (χ4v) is 5.76. The summed E-state index contributed by atoms with van der Waals surface area (Å²) in [6, 6.07) is 5.80. The average molecular weight is 362 g/mol. The van der Waals surface area contributed by atoms with Gasteiger partial charge in [-0.3, -0.25) is 9.59 Å². The van der Waals surface area contributed by atoms with Gasteiger partial charge in [0.25, 0.3) is 0 Å². The summed E-state index contributed by atoms with van der Waals surface area (Å²) in [6.07, 6.45) is 3.94. The summed E-state index contributed by atoms with van der Waals surface area (Å²) in [4.78, 5) is 26.5. The number of nitrogens with zero attached hydrogens (tertiary/aromatic N) is 1. The van der Waals surface area contributed by atoms with Crippen molar-refractivity contribution in [3.8, 4) is 0 Å². The van der Waals surface area contributed by atoms with Crippen LogP contribution in [0.25, 0.3) is 0 Å². The van der Waals surface area contributed by atoms with E-state index >= 15 is 0 Å². The third kappa shape index (κ3) is 3.29. The molecule has 0 spiro atoms.